The average molecular weight is 753 g/mol. The first kappa shape index (κ1) is 39.5. The average Bonchev–Trinajstić information content (AvgIpc) is 3.14. The van der Waals surface area contributed by atoms with Gasteiger partial charge in [0.1, 0.15) is 23.2 Å². The summed E-state index contributed by atoms with van der Waals surface area (Å²) >= 11 is 0. The third-order valence-corrected chi connectivity index (χ3v) is 13.5. The zero-order valence-corrected chi connectivity index (χ0v) is 33.6. The lowest BCUT2D eigenvalue weighted by molar-refractivity contribution is 0.590. The molecular formula is C49H53BrP+. The van der Waals surface area contributed by atoms with Gasteiger partial charge in [-0.15, -0.1) is 17.0 Å². The van der Waals surface area contributed by atoms with Gasteiger partial charge >= 0.3 is 0 Å². The van der Waals surface area contributed by atoms with Crippen LogP contribution in [0.25, 0.3) is 12.2 Å². The number of hydrogen-bond acceptors (Lipinski definition) is 0. The van der Waals surface area contributed by atoms with Crippen LogP contribution in [-0.2, 0) is 17.0 Å². The van der Waals surface area contributed by atoms with Gasteiger partial charge in [0.05, 0.1) is 6.16 Å². The van der Waals surface area contributed by atoms with E-state index in [1.165, 1.54) is 43.7 Å². The summed E-state index contributed by atoms with van der Waals surface area (Å²) in [5.41, 5.74) is 6.99. The second-order valence-electron chi connectivity index (χ2n) is 14.9. The first-order valence-corrected chi connectivity index (χ1v) is 19.7. The van der Waals surface area contributed by atoms with Gasteiger partial charge in [0.15, 0.2) is 0 Å². The molecule has 6 rings (SSSR count). The van der Waals surface area contributed by atoms with Crippen molar-refractivity contribution in [3.8, 4) is 0 Å². The summed E-state index contributed by atoms with van der Waals surface area (Å²) < 4.78 is 0. The van der Waals surface area contributed by atoms with Gasteiger partial charge < -0.3 is 0 Å². The van der Waals surface area contributed by atoms with E-state index in [4.69, 9.17) is 0 Å². The Labute approximate surface area is 319 Å². The molecule has 260 valence electrons. The Morgan fingerprint density at radius 2 is 0.706 bits per heavy atom. The molecule has 51 heavy (non-hydrogen) atoms. The summed E-state index contributed by atoms with van der Waals surface area (Å²) in [6.45, 7) is 13.5. The summed E-state index contributed by atoms with van der Waals surface area (Å²) in [5.74, 6) is 0. The lowest BCUT2D eigenvalue weighted by Crippen LogP contribution is -2.32. The van der Waals surface area contributed by atoms with Crippen LogP contribution in [0.4, 0.5) is 0 Å². The second kappa shape index (κ2) is 18.3. The predicted molar refractivity (Wildman–Crippen MR) is 234 cm³/mol. The number of allylic oxidation sites excluding steroid dienone is 2. The monoisotopic (exact) mass is 751 g/mol. The van der Waals surface area contributed by atoms with E-state index in [1.54, 1.807) is 0 Å². The molecule has 0 atom stereocenters. The van der Waals surface area contributed by atoms with Gasteiger partial charge in [-0.1, -0.05) is 199 Å². The van der Waals surface area contributed by atoms with E-state index in [-0.39, 0.29) is 27.8 Å². The molecule has 0 bridgehead atoms. The molecule has 0 fully saturated rings. The van der Waals surface area contributed by atoms with Gasteiger partial charge in [0.2, 0.25) is 0 Å². The van der Waals surface area contributed by atoms with Crippen LogP contribution in [-0.4, -0.2) is 0 Å². The zero-order chi connectivity index (χ0) is 35.5. The van der Waals surface area contributed by atoms with E-state index in [0.717, 1.165) is 6.16 Å². The highest BCUT2D eigenvalue weighted by Gasteiger charge is 2.45. The topological polar surface area (TPSA) is 0 Å². The van der Waals surface area contributed by atoms with Crippen molar-refractivity contribution < 1.29 is 0 Å². The van der Waals surface area contributed by atoms with Crippen LogP contribution in [0.1, 0.15) is 69.4 Å². The molecule has 6 aromatic rings. The fraction of sp³-hybridized carbons (Fsp3) is 0.184. The summed E-state index contributed by atoms with van der Waals surface area (Å²) in [5, 5.41) is 4.30. The highest BCUT2D eigenvalue weighted by atomic mass is 79.9. The maximum absolute atomic E-state index is 2.34. The standard InChI is InChI=1S/C29H30P.C20H22.BrH/c1-29(2,3)25-21-19-24(20-22-25)23-30(26-13-7-4-8-14-26,27-15-9-5-10-16-27)28-17-11-6-12-18-28;1-20(2,3)19-15-13-18(14-16-19)12-8-7-11-17-9-5-4-6-10-17;/h4-22H,23H2,1-3H3;4-16H,1-3H3;1H/q+1;;/b;11-7+,12-8+;. The van der Waals surface area contributed by atoms with Crippen LogP contribution in [0.2, 0.25) is 0 Å². The van der Waals surface area contributed by atoms with Crippen molar-refractivity contribution in [1.82, 2.24) is 0 Å². The Kier molecular flexibility index (Phi) is 14.2. The highest BCUT2D eigenvalue weighted by molar-refractivity contribution is 8.93. The Morgan fingerprint density at radius 1 is 0.392 bits per heavy atom. The number of benzene rings is 6. The molecule has 2 heteroatoms. The Morgan fingerprint density at radius 3 is 1.06 bits per heavy atom. The Bertz CT molecular complexity index is 1830. The van der Waals surface area contributed by atoms with Crippen molar-refractivity contribution in [3.05, 3.63) is 210 Å². The number of rotatable bonds is 8. The van der Waals surface area contributed by atoms with Crippen molar-refractivity contribution in [1.29, 1.82) is 0 Å². The van der Waals surface area contributed by atoms with Crippen LogP contribution < -0.4 is 15.9 Å². The summed E-state index contributed by atoms with van der Waals surface area (Å²) in [4.78, 5) is 0. The van der Waals surface area contributed by atoms with Crippen molar-refractivity contribution in [3.63, 3.8) is 0 Å². The molecule has 0 unspecified atom stereocenters. The van der Waals surface area contributed by atoms with Crippen molar-refractivity contribution in [2.75, 3.05) is 0 Å². The van der Waals surface area contributed by atoms with Gasteiger partial charge in [-0.05, 0) is 75.0 Å². The molecule has 0 nitrogen and oxygen atoms in total. The van der Waals surface area contributed by atoms with Crippen LogP contribution in [0.15, 0.2) is 182 Å². The summed E-state index contributed by atoms with van der Waals surface area (Å²) in [6, 6.07) is 61.7. The van der Waals surface area contributed by atoms with Crippen molar-refractivity contribution in [2.24, 2.45) is 0 Å². The molecule has 0 saturated carbocycles. The third kappa shape index (κ3) is 10.9. The van der Waals surface area contributed by atoms with E-state index in [1.807, 2.05) is 6.07 Å². The van der Waals surface area contributed by atoms with E-state index >= 15 is 0 Å². The van der Waals surface area contributed by atoms with E-state index in [9.17, 15) is 0 Å². The van der Waals surface area contributed by atoms with E-state index < -0.39 is 7.26 Å². The summed E-state index contributed by atoms with van der Waals surface area (Å²) in [6.07, 6.45) is 9.42. The molecule has 0 aliphatic heterocycles. The van der Waals surface area contributed by atoms with Crippen molar-refractivity contribution in [2.45, 2.75) is 58.5 Å². The van der Waals surface area contributed by atoms with Crippen LogP contribution in [0, 0.1) is 0 Å². The normalized spacial score (nSPS) is 11.9. The molecule has 0 spiro atoms. The van der Waals surface area contributed by atoms with Gasteiger partial charge in [-0.3, -0.25) is 0 Å². The molecule has 0 N–H and O–H groups in total. The predicted octanol–water partition coefficient (Wildman–Crippen LogP) is 12.8. The first-order chi connectivity index (χ1) is 24.1. The maximum atomic E-state index is 2.34. The fourth-order valence-corrected chi connectivity index (χ4v) is 10.4. The largest absolute Gasteiger partial charge is 0.116 e. The SMILES string of the molecule is Br.CC(C)(C)c1ccc(/C=C/C=C/c2ccccc2)cc1.CC(C)(C)c1ccc(C[P+](c2ccccc2)(c2ccccc2)c2ccccc2)cc1. The maximum Gasteiger partial charge on any atom is 0.116 e. The number of hydrogen-bond donors (Lipinski definition) is 0. The minimum atomic E-state index is -1.83. The minimum absolute atomic E-state index is 0. The van der Waals surface area contributed by atoms with Gasteiger partial charge in [-0.2, -0.15) is 0 Å². The molecule has 0 radical (unpaired) electrons. The van der Waals surface area contributed by atoms with Gasteiger partial charge in [-0.25, -0.2) is 0 Å². The molecule has 0 amide bonds. The van der Waals surface area contributed by atoms with Crippen LogP contribution >= 0.6 is 24.2 Å². The number of halogens is 1. The second-order valence-corrected chi connectivity index (χ2v) is 18.4. The molecule has 0 heterocycles. The van der Waals surface area contributed by atoms with Crippen molar-refractivity contribution >= 4 is 52.3 Å². The fourth-order valence-electron chi connectivity index (χ4n) is 6.14. The van der Waals surface area contributed by atoms with Gasteiger partial charge in [0, 0.05) is 0 Å². The lowest BCUT2D eigenvalue weighted by atomic mass is 9.87. The molecule has 6 aromatic carbocycles. The lowest BCUT2D eigenvalue weighted by Gasteiger charge is -2.28. The summed E-state index contributed by atoms with van der Waals surface area (Å²) in [7, 11) is -1.83. The smallest absolute Gasteiger partial charge is 0.114 e. The molecule has 0 aromatic heterocycles. The van der Waals surface area contributed by atoms with Crippen LogP contribution in [0.5, 0.6) is 0 Å². The molecule has 0 saturated heterocycles. The molecule has 0 aliphatic rings. The van der Waals surface area contributed by atoms with E-state index in [0.29, 0.717) is 0 Å². The minimum Gasteiger partial charge on any atom is -0.114 e. The van der Waals surface area contributed by atoms with Gasteiger partial charge in [0.25, 0.3) is 0 Å². The van der Waals surface area contributed by atoms with Crippen LogP contribution in [0.3, 0.4) is 0 Å². The first-order valence-electron chi connectivity index (χ1n) is 17.7. The Balaban J connectivity index is 0.000000243. The van der Waals surface area contributed by atoms with E-state index in [2.05, 4.69) is 230 Å². The molecule has 0 aliphatic carbocycles. The zero-order valence-electron chi connectivity index (χ0n) is 31.0. The molecular weight excluding hydrogens is 699 g/mol. The highest BCUT2D eigenvalue weighted by Crippen LogP contribution is 2.58. The third-order valence-electron chi connectivity index (χ3n) is 9.10. The quantitative estimate of drug-likeness (QED) is 0.107. The Hall–Kier alpha value is -4.29.